The third-order valence-corrected chi connectivity index (χ3v) is 5.90. The number of nitrogens with zero attached hydrogens (tertiary/aromatic N) is 2. The molecule has 0 saturated carbocycles. The summed E-state index contributed by atoms with van der Waals surface area (Å²) in [5, 5.41) is 11.6. The first-order valence-corrected chi connectivity index (χ1v) is 10.8. The van der Waals surface area contributed by atoms with Gasteiger partial charge >= 0.3 is 0 Å². The molecule has 0 spiro atoms. The molecule has 1 amide bonds. The number of pyridine rings is 1. The van der Waals surface area contributed by atoms with E-state index in [9.17, 15) is 14.7 Å². The number of hydrogen-bond acceptors (Lipinski definition) is 4. The number of likely N-dealkylation sites (tertiary alicyclic amines) is 1. The largest absolute Gasteiger partial charge is 0.507 e. The second-order valence-corrected chi connectivity index (χ2v) is 8.55. The Kier molecular flexibility index (Phi) is 6.10. The van der Waals surface area contributed by atoms with Gasteiger partial charge in [0, 0.05) is 29.5 Å². The highest BCUT2D eigenvalue weighted by molar-refractivity contribution is 6.46. The Morgan fingerprint density at radius 2 is 1.75 bits per heavy atom. The number of carbonyl (C=O) groups is 2. The number of ketones is 1. The Morgan fingerprint density at radius 3 is 2.34 bits per heavy atom. The number of carbonyl (C=O) groups excluding carboxylic acids is 2. The van der Waals surface area contributed by atoms with Gasteiger partial charge < -0.3 is 10.0 Å². The van der Waals surface area contributed by atoms with Gasteiger partial charge in [0.15, 0.2) is 0 Å². The molecule has 6 heteroatoms. The van der Waals surface area contributed by atoms with Gasteiger partial charge in [-0.15, -0.1) is 0 Å². The standard InChI is InChI=1S/C26H23ClN2O3/c1-16(2)18-5-7-19(8-6-18)23-22(24(30)20-9-11-21(27)12-10-20)25(31)26(32)29(23)15-17-4-3-13-28-14-17/h3-14,16,23,30H,15H2,1-2H3/b24-22-. The molecule has 3 aromatic rings. The van der Waals surface area contributed by atoms with Gasteiger partial charge in [-0.3, -0.25) is 14.6 Å². The lowest BCUT2D eigenvalue weighted by molar-refractivity contribution is -0.140. The van der Waals surface area contributed by atoms with Gasteiger partial charge in [-0.25, -0.2) is 0 Å². The topological polar surface area (TPSA) is 70.5 Å². The quantitative estimate of drug-likeness (QED) is 0.320. The number of aliphatic hydroxyl groups excluding tert-OH is 1. The predicted octanol–water partition coefficient (Wildman–Crippen LogP) is 5.48. The minimum atomic E-state index is -0.716. The van der Waals surface area contributed by atoms with E-state index in [2.05, 4.69) is 18.8 Å². The van der Waals surface area contributed by atoms with Crippen LogP contribution in [0.5, 0.6) is 0 Å². The maximum absolute atomic E-state index is 13.1. The lowest BCUT2D eigenvalue weighted by atomic mass is 9.93. The molecule has 1 aliphatic heterocycles. The fraction of sp³-hybridized carbons (Fsp3) is 0.192. The molecular weight excluding hydrogens is 424 g/mol. The Bertz CT molecular complexity index is 1170. The van der Waals surface area contributed by atoms with Crippen LogP contribution in [0.2, 0.25) is 5.02 Å². The second kappa shape index (κ2) is 8.97. The lowest BCUT2D eigenvalue weighted by Gasteiger charge is -2.25. The Hall–Kier alpha value is -3.44. The van der Waals surface area contributed by atoms with E-state index in [1.807, 2.05) is 30.3 Å². The zero-order chi connectivity index (χ0) is 22.8. The van der Waals surface area contributed by atoms with Crippen molar-refractivity contribution in [2.24, 2.45) is 0 Å². The molecule has 1 aromatic heterocycles. The predicted molar refractivity (Wildman–Crippen MR) is 124 cm³/mol. The molecule has 5 nitrogen and oxygen atoms in total. The highest BCUT2D eigenvalue weighted by atomic mass is 35.5. The average molecular weight is 447 g/mol. The third-order valence-electron chi connectivity index (χ3n) is 5.65. The number of halogens is 1. The zero-order valence-corrected chi connectivity index (χ0v) is 18.6. The molecule has 1 fully saturated rings. The average Bonchev–Trinajstić information content (AvgIpc) is 3.05. The minimum absolute atomic E-state index is 0.0681. The Morgan fingerprint density at radius 1 is 1.06 bits per heavy atom. The molecule has 162 valence electrons. The molecule has 0 radical (unpaired) electrons. The smallest absolute Gasteiger partial charge is 0.295 e. The molecule has 1 aliphatic rings. The fourth-order valence-electron chi connectivity index (χ4n) is 3.90. The van der Waals surface area contributed by atoms with Crippen LogP contribution in [0.4, 0.5) is 0 Å². The molecule has 2 aromatic carbocycles. The number of benzene rings is 2. The molecule has 0 aliphatic carbocycles. The van der Waals surface area contributed by atoms with E-state index in [4.69, 9.17) is 11.6 Å². The van der Waals surface area contributed by atoms with Gasteiger partial charge in [0.05, 0.1) is 11.6 Å². The number of aliphatic hydroxyl groups is 1. The van der Waals surface area contributed by atoms with Crippen LogP contribution in [0.15, 0.2) is 78.6 Å². The Balaban J connectivity index is 1.84. The van der Waals surface area contributed by atoms with Gasteiger partial charge in [0.2, 0.25) is 0 Å². The van der Waals surface area contributed by atoms with E-state index in [1.54, 1.807) is 42.7 Å². The van der Waals surface area contributed by atoms with Gasteiger partial charge in [-0.1, -0.05) is 55.8 Å². The first-order chi connectivity index (χ1) is 15.4. The van der Waals surface area contributed by atoms with Crippen molar-refractivity contribution < 1.29 is 14.7 Å². The van der Waals surface area contributed by atoms with Crippen molar-refractivity contribution in [3.8, 4) is 0 Å². The molecule has 1 unspecified atom stereocenters. The van der Waals surface area contributed by atoms with Crippen LogP contribution in [0.1, 0.15) is 48.1 Å². The summed E-state index contributed by atoms with van der Waals surface area (Å²) in [7, 11) is 0. The molecule has 1 atom stereocenters. The van der Waals surface area contributed by atoms with Crippen LogP contribution >= 0.6 is 11.6 Å². The number of Topliss-reactive ketones (excluding diaryl/α,β-unsaturated/α-hetero) is 1. The van der Waals surface area contributed by atoms with E-state index in [0.29, 0.717) is 16.5 Å². The van der Waals surface area contributed by atoms with Gasteiger partial charge in [-0.2, -0.15) is 0 Å². The van der Waals surface area contributed by atoms with Crippen molar-refractivity contribution in [3.05, 3.63) is 106 Å². The lowest BCUT2D eigenvalue weighted by Crippen LogP contribution is -2.29. The van der Waals surface area contributed by atoms with E-state index in [0.717, 1.165) is 16.7 Å². The molecule has 1 saturated heterocycles. The highest BCUT2D eigenvalue weighted by Gasteiger charge is 2.46. The van der Waals surface area contributed by atoms with E-state index < -0.39 is 17.7 Å². The fourth-order valence-corrected chi connectivity index (χ4v) is 4.03. The van der Waals surface area contributed by atoms with E-state index in [-0.39, 0.29) is 17.9 Å². The third kappa shape index (κ3) is 4.16. The first-order valence-electron chi connectivity index (χ1n) is 10.4. The van der Waals surface area contributed by atoms with Crippen molar-refractivity contribution in [1.82, 2.24) is 9.88 Å². The van der Waals surface area contributed by atoms with E-state index >= 15 is 0 Å². The molecule has 0 bridgehead atoms. The first kappa shape index (κ1) is 21.8. The SMILES string of the molecule is CC(C)c1ccc(C2/C(=C(/O)c3ccc(Cl)cc3)C(=O)C(=O)N2Cc2cccnc2)cc1. The van der Waals surface area contributed by atoms with Crippen LogP contribution in [0.25, 0.3) is 5.76 Å². The summed E-state index contributed by atoms with van der Waals surface area (Å²) in [5.41, 5.74) is 3.20. The molecule has 2 heterocycles. The molecule has 1 N–H and O–H groups in total. The van der Waals surface area contributed by atoms with Crippen LogP contribution in [-0.4, -0.2) is 26.7 Å². The van der Waals surface area contributed by atoms with Gasteiger partial charge in [0.1, 0.15) is 5.76 Å². The summed E-state index contributed by atoms with van der Waals surface area (Å²) in [6, 6.07) is 17.3. The van der Waals surface area contributed by atoms with Crippen molar-refractivity contribution >= 4 is 29.1 Å². The second-order valence-electron chi connectivity index (χ2n) is 8.12. The summed E-state index contributed by atoms with van der Waals surface area (Å²) in [6.07, 6.45) is 3.32. The molecule has 32 heavy (non-hydrogen) atoms. The number of rotatable bonds is 5. The van der Waals surface area contributed by atoms with Crippen LogP contribution in [0, 0.1) is 0 Å². The maximum atomic E-state index is 13.1. The summed E-state index contributed by atoms with van der Waals surface area (Å²) in [6.45, 7) is 4.40. The number of hydrogen-bond donors (Lipinski definition) is 1. The summed E-state index contributed by atoms with van der Waals surface area (Å²) >= 11 is 5.97. The van der Waals surface area contributed by atoms with Crippen LogP contribution in [0.3, 0.4) is 0 Å². The van der Waals surface area contributed by atoms with Crippen molar-refractivity contribution in [2.45, 2.75) is 32.4 Å². The minimum Gasteiger partial charge on any atom is -0.507 e. The van der Waals surface area contributed by atoms with Crippen LogP contribution < -0.4 is 0 Å². The number of aromatic nitrogens is 1. The van der Waals surface area contributed by atoms with Crippen molar-refractivity contribution in [3.63, 3.8) is 0 Å². The van der Waals surface area contributed by atoms with Gasteiger partial charge in [0.25, 0.3) is 11.7 Å². The van der Waals surface area contributed by atoms with Crippen LogP contribution in [-0.2, 0) is 16.1 Å². The maximum Gasteiger partial charge on any atom is 0.295 e. The normalized spacial score (nSPS) is 17.9. The molecule has 4 rings (SSSR count). The summed E-state index contributed by atoms with van der Waals surface area (Å²) in [5.74, 6) is -1.23. The monoisotopic (exact) mass is 446 g/mol. The molecular formula is C26H23ClN2O3. The van der Waals surface area contributed by atoms with E-state index in [1.165, 1.54) is 4.90 Å². The van der Waals surface area contributed by atoms with Crippen molar-refractivity contribution in [1.29, 1.82) is 0 Å². The Labute approximate surface area is 192 Å². The van der Waals surface area contributed by atoms with Crippen molar-refractivity contribution in [2.75, 3.05) is 0 Å². The highest BCUT2D eigenvalue weighted by Crippen LogP contribution is 2.40. The van der Waals surface area contributed by atoms with Gasteiger partial charge in [-0.05, 0) is 52.9 Å². The zero-order valence-electron chi connectivity index (χ0n) is 17.8. The number of amides is 1. The summed E-state index contributed by atoms with van der Waals surface area (Å²) < 4.78 is 0. The summed E-state index contributed by atoms with van der Waals surface area (Å²) in [4.78, 5) is 31.8.